The molecule has 3 aromatic carbocycles. The van der Waals surface area contributed by atoms with Crippen molar-refractivity contribution in [2.45, 2.75) is 30.9 Å². The zero-order valence-electron chi connectivity index (χ0n) is 17.1. The molecule has 4 nitrogen and oxygen atoms in total. The van der Waals surface area contributed by atoms with E-state index < -0.39 is 12.1 Å². The van der Waals surface area contributed by atoms with Crippen molar-refractivity contribution in [2.24, 2.45) is 0 Å². The maximum atomic E-state index is 10.2. The molecule has 31 heavy (non-hydrogen) atoms. The summed E-state index contributed by atoms with van der Waals surface area (Å²) in [5, 5.41) is 22.1. The second kappa shape index (κ2) is 10.8. The van der Waals surface area contributed by atoms with Gasteiger partial charge in [-0.25, -0.2) is 4.79 Å². The molecule has 0 radical (unpaired) electrons. The number of aryl methyl sites for hydroxylation is 1. The number of carboxylic acids is 1. The molecule has 0 bridgehead atoms. The number of likely N-dealkylation sites (N-methyl/N-ethyl adjacent to an activating group) is 1. The predicted octanol–water partition coefficient (Wildman–Crippen LogP) is 5.79. The minimum absolute atomic E-state index is 0.331. The lowest BCUT2D eigenvalue weighted by atomic mass is 9.76. The minimum atomic E-state index is -1.41. The Bertz CT molecular complexity index is 1030. The number of carbonyl (C=O) groups is 1. The number of aliphatic hydroxyl groups is 1. The minimum Gasteiger partial charge on any atom is -0.479 e. The van der Waals surface area contributed by atoms with Crippen LogP contribution in [0.3, 0.4) is 0 Å². The second-order valence-corrected chi connectivity index (χ2v) is 8.25. The van der Waals surface area contributed by atoms with E-state index in [0.29, 0.717) is 27.6 Å². The molecule has 0 saturated carbocycles. The third kappa shape index (κ3) is 5.66. The van der Waals surface area contributed by atoms with Crippen LogP contribution in [0.1, 0.15) is 46.7 Å². The highest BCUT2D eigenvalue weighted by atomic mass is 35.5. The maximum absolute atomic E-state index is 10.2. The number of nitrogens with one attached hydrogen (secondary N) is 1. The Morgan fingerprint density at radius 3 is 2.32 bits per heavy atom. The van der Waals surface area contributed by atoms with Crippen LogP contribution in [0.25, 0.3) is 0 Å². The third-order valence-electron chi connectivity index (χ3n) is 5.55. The normalized spacial score (nSPS) is 18.3. The molecule has 3 atom stereocenters. The molecule has 162 valence electrons. The first kappa shape index (κ1) is 23.3. The molecule has 1 aliphatic carbocycles. The van der Waals surface area contributed by atoms with Gasteiger partial charge in [-0.1, -0.05) is 83.9 Å². The number of halogens is 2. The van der Waals surface area contributed by atoms with Crippen molar-refractivity contribution in [2.75, 3.05) is 7.05 Å². The Morgan fingerprint density at radius 2 is 1.68 bits per heavy atom. The molecule has 0 aliphatic heterocycles. The van der Waals surface area contributed by atoms with E-state index in [1.807, 2.05) is 19.2 Å². The van der Waals surface area contributed by atoms with E-state index in [9.17, 15) is 4.79 Å². The molecule has 3 aromatic rings. The summed E-state index contributed by atoms with van der Waals surface area (Å²) in [5.41, 5.74) is 4.51. The highest BCUT2D eigenvalue weighted by Crippen LogP contribution is 2.41. The Kier molecular flexibility index (Phi) is 8.10. The molecule has 1 unspecified atom stereocenters. The Morgan fingerprint density at radius 1 is 1.00 bits per heavy atom. The van der Waals surface area contributed by atoms with E-state index in [1.54, 1.807) is 30.3 Å². The molecule has 0 spiro atoms. The second-order valence-electron chi connectivity index (χ2n) is 7.44. The van der Waals surface area contributed by atoms with E-state index in [0.717, 1.165) is 12.8 Å². The van der Waals surface area contributed by atoms with Crippen LogP contribution in [0.15, 0.2) is 72.8 Å². The summed E-state index contributed by atoms with van der Waals surface area (Å²) in [6.07, 6.45) is 0.830. The summed E-state index contributed by atoms with van der Waals surface area (Å²) >= 11 is 12.2. The van der Waals surface area contributed by atoms with Crippen molar-refractivity contribution < 1.29 is 15.0 Å². The van der Waals surface area contributed by atoms with E-state index in [-0.39, 0.29) is 0 Å². The van der Waals surface area contributed by atoms with Gasteiger partial charge in [0, 0.05) is 12.0 Å². The number of benzene rings is 3. The van der Waals surface area contributed by atoms with E-state index >= 15 is 0 Å². The summed E-state index contributed by atoms with van der Waals surface area (Å²) in [7, 11) is 2.03. The van der Waals surface area contributed by atoms with Gasteiger partial charge in [0.05, 0.1) is 10.0 Å². The smallest absolute Gasteiger partial charge is 0.337 e. The average Bonchev–Trinajstić information content (AvgIpc) is 2.80. The van der Waals surface area contributed by atoms with E-state index in [1.165, 1.54) is 16.7 Å². The fourth-order valence-corrected chi connectivity index (χ4v) is 4.30. The van der Waals surface area contributed by atoms with Crippen LogP contribution in [0, 0.1) is 0 Å². The van der Waals surface area contributed by atoms with Crippen LogP contribution in [-0.4, -0.2) is 23.2 Å². The molecule has 1 aliphatic rings. The molecular weight excluding hydrogens is 433 g/mol. The van der Waals surface area contributed by atoms with Gasteiger partial charge < -0.3 is 15.5 Å². The van der Waals surface area contributed by atoms with Gasteiger partial charge >= 0.3 is 5.97 Å². The van der Waals surface area contributed by atoms with Crippen molar-refractivity contribution in [3.63, 3.8) is 0 Å². The van der Waals surface area contributed by atoms with Crippen LogP contribution in [0.5, 0.6) is 0 Å². The fraction of sp³-hybridized carbons (Fsp3) is 0.240. The summed E-state index contributed by atoms with van der Waals surface area (Å²) < 4.78 is 0. The summed E-state index contributed by atoms with van der Waals surface area (Å²) in [6, 6.07) is 23.3. The van der Waals surface area contributed by atoms with Crippen LogP contribution in [0.4, 0.5) is 0 Å². The first-order valence-corrected chi connectivity index (χ1v) is 10.8. The van der Waals surface area contributed by atoms with Gasteiger partial charge in [0.1, 0.15) is 0 Å². The molecule has 6 heteroatoms. The van der Waals surface area contributed by atoms with Crippen molar-refractivity contribution in [3.8, 4) is 0 Å². The van der Waals surface area contributed by atoms with Gasteiger partial charge in [-0.05, 0) is 54.3 Å². The molecule has 0 fully saturated rings. The lowest BCUT2D eigenvalue weighted by Crippen LogP contribution is -2.28. The van der Waals surface area contributed by atoms with Crippen molar-refractivity contribution in [1.29, 1.82) is 0 Å². The fourth-order valence-electron chi connectivity index (χ4n) is 4.00. The average molecular weight is 458 g/mol. The summed E-state index contributed by atoms with van der Waals surface area (Å²) in [4.78, 5) is 10.2. The zero-order valence-corrected chi connectivity index (χ0v) is 18.6. The molecule has 0 aromatic heterocycles. The SMILES string of the molecule is CN[C@@H]1c2ccccc2CC[C@@H]1c1ccc(Cl)c(Cl)c1.O=C(O)C(O)c1ccccc1. The first-order valence-electron chi connectivity index (χ1n) is 10.1. The monoisotopic (exact) mass is 457 g/mol. The summed E-state index contributed by atoms with van der Waals surface area (Å²) in [5.74, 6) is -0.791. The van der Waals surface area contributed by atoms with Crippen LogP contribution in [-0.2, 0) is 11.2 Å². The number of aliphatic hydroxyl groups excluding tert-OH is 1. The quantitative estimate of drug-likeness (QED) is 0.463. The topological polar surface area (TPSA) is 69.6 Å². The predicted molar refractivity (Wildman–Crippen MR) is 125 cm³/mol. The van der Waals surface area contributed by atoms with Gasteiger partial charge in [-0.3, -0.25) is 0 Å². The van der Waals surface area contributed by atoms with Crippen LogP contribution < -0.4 is 5.32 Å². The molecular formula is C25H25Cl2NO3. The van der Waals surface area contributed by atoms with Gasteiger partial charge in [0.15, 0.2) is 6.10 Å². The number of fused-ring (bicyclic) bond motifs is 1. The lowest BCUT2D eigenvalue weighted by Gasteiger charge is -2.34. The maximum Gasteiger partial charge on any atom is 0.337 e. The standard InChI is InChI=1S/C17H17Cl2N.C8H8O3/c1-20-17-13-5-3-2-4-11(13)6-8-14(17)12-7-9-15(18)16(19)10-12;9-7(8(10)11)6-4-2-1-3-5-6/h2-5,7,9-10,14,17,20H,6,8H2,1H3;1-5,7,9H,(H,10,11)/t14-,17-;/m1./s1. The number of aliphatic carboxylic acids is 1. The van der Waals surface area contributed by atoms with Gasteiger partial charge in [-0.15, -0.1) is 0 Å². The molecule has 0 saturated heterocycles. The van der Waals surface area contributed by atoms with Crippen LogP contribution in [0.2, 0.25) is 10.0 Å². The van der Waals surface area contributed by atoms with Crippen LogP contribution >= 0.6 is 23.2 Å². The highest BCUT2D eigenvalue weighted by Gasteiger charge is 2.29. The molecule has 0 heterocycles. The Labute approximate surface area is 192 Å². The zero-order chi connectivity index (χ0) is 22.4. The van der Waals surface area contributed by atoms with Gasteiger partial charge in [-0.2, -0.15) is 0 Å². The molecule has 0 amide bonds. The van der Waals surface area contributed by atoms with Gasteiger partial charge in [0.2, 0.25) is 0 Å². The first-order chi connectivity index (χ1) is 14.9. The van der Waals surface area contributed by atoms with Gasteiger partial charge in [0.25, 0.3) is 0 Å². The third-order valence-corrected chi connectivity index (χ3v) is 6.29. The number of carboxylic acid groups (broad SMARTS) is 1. The van der Waals surface area contributed by atoms with E-state index in [2.05, 4.69) is 35.6 Å². The largest absolute Gasteiger partial charge is 0.479 e. The summed E-state index contributed by atoms with van der Waals surface area (Å²) in [6.45, 7) is 0. The van der Waals surface area contributed by atoms with Crippen molar-refractivity contribution in [1.82, 2.24) is 5.32 Å². The Hall–Kier alpha value is -2.37. The number of hydrogen-bond donors (Lipinski definition) is 3. The Balaban J connectivity index is 0.000000210. The van der Waals surface area contributed by atoms with Crippen molar-refractivity contribution >= 4 is 29.2 Å². The molecule has 4 rings (SSSR count). The highest BCUT2D eigenvalue weighted by molar-refractivity contribution is 6.42. The van der Waals surface area contributed by atoms with Crippen molar-refractivity contribution in [3.05, 3.63) is 105 Å². The molecule has 3 N–H and O–H groups in total. The number of rotatable bonds is 4. The van der Waals surface area contributed by atoms with E-state index in [4.69, 9.17) is 33.4 Å². The lowest BCUT2D eigenvalue weighted by molar-refractivity contribution is -0.146. The number of hydrogen-bond acceptors (Lipinski definition) is 3.